The molecule has 0 atom stereocenters. The van der Waals surface area contributed by atoms with E-state index in [4.69, 9.17) is 19.3 Å². The van der Waals surface area contributed by atoms with Crippen molar-refractivity contribution in [3.8, 4) is 11.5 Å². The van der Waals surface area contributed by atoms with Gasteiger partial charge in [0.25, 0.3) is 0 Å². The van der Waals surface area contributed by atoms with Gasteiger partial charge in [0, 0.05) is 0 Å². The first kappa shape index (κ1) is 29.9. The first-order valence-corrected chi connectivity index (χ1v) is 13.4. The zero-order valence-corrected chi connectivity index (χ0v) is 22.2. The molecule has 0 unspecified atom stereocenters. The lowest BCUT2D eigenvalue weighted by Gasteiger charge is -2.12. The molecule has 0 fully saturated rings. The van der Waals surface area contributed by atoms with Crippen LogP contribution in [0.1, 0.15) is 99.3 Å². The number of ether oxygens (including phenoxy) is 3. The van der Waals surface area contributed by atoms with E-state index in [-0.39, 0.29) is 13.0 Å². The quantitative estimate of drug-likeness (QED) is 0.157. The predicted octanol–water partition coefficient (Wildman–Crippen LogP) is 7.23. The van der Waals surface area contributed by atoms with Gasteiger partial charge in [-0.2, -0.15) is 0 Å². The van der Waals surface area contributed by atoms with E-state index in [1.807, 2.05) is 12.1 Å². The predicted molar refractivity (Wildman–Crippen MR) is 145 cm³/mol. The van der Waals surface area contributed by atoms with E-state index in [2.05, 4.69) is 11.9 Å². The number of aromatic nitrogens is 1. The monoisotopic (exact) mass is 511 g/mol. The molecule has 0 bridgehead atoms. The van der Waals surface area contributed by atoms with Crippen LogP contribution in [0, 0.1) is 0 Å². The molecule has 2 rings (SSSR count). The smallest absolute Gasteiger partial charge is 0.337 e. The third-order valence-electron chi connectivity index (χ3n) is 5.91. The summed E-state index contributed by atoms with van der Waals surface area (Å²) in [5.41, 5.74) is 1.63. The Morgan fingerprint density at radius 1 is 0.919 bits per heavy atom. The standard InChI is InChI=1S/C30H41NO6/c1-3-4-5-6-7-8-9-10-11-12-21-36-28-20-19-25(31-27(28)17-14-18-29(32)33)23-37-26-16-13-15-24(22-26)30(34)35-2/h13-17,19-20,22H,3-12,18,21,23H2,1-2H3,(H,32,33). The lowest BCUT2D eigenvalue weighted by Crippen LogP contribution is -2.05. The van der Waals surface area contributed by atoms with E-state index in [0.29, 0.717) is 35.1 Å². The Bertz CT molecular complexity index is 988. The maximum atomic E-state index is 11.7. The van der Waals surface area contributed by atoms with Crippen molar-refractivity contribution in [2.75, 3.05) is 13.7 Å². The fourth-order valence-electron chi connectivity index (χ4n) is 3.86. The number of carbonyl (C=O) groups is 2. The largest absolute Gasteiger partial charge is 0.491 e. The maximum absolute atomic E-state index is 11.7. The average Bonchev–Trinajstić information content (AvgIpc) is 2.90. The van der Waals surface area contributed by atoms with Crippen LogP contribution in [0.15, 0.2) is 42.5 Å². The van der Waals surface area contributed by atoms with Gasteiger partial charge >= 0.3 is 11.9 Å². The third-order valence-corrected chi connectivity index (χ3v) is 5.91. The van der Waals surface area contributed by atoms with Crippen molar-refractivity contribution in [2.24, 2.45) is 0 Å². The SMILES string of the molecule is CCCCCCCCCCCCOc1ccc(COc2cccc(C(=O)OC)c2)nc1C=CCC(=O)O. The van der Waals surface area contributed by atoms with Gasteiger partial charge in [-0.1, -0.05) is 76.9 Å². The summed E-state index contributed by atoms with van der Waals surface area (Å²) in [7, 11) is 1.33. The van der Waals surface area contributed by atoms with E-state index < -0.39 is 11.9 Å². The van der Waals surface area contributed by atoms with Gasteiger partial charge in [0.1, 0.15) is 23.8 Å². The molecule has 0 spiro atoms. The summed E-state index contributed by atoms with van der Waals surface area (Å²) < 4.78 is 16.5. The number of methoxy groups -OCH3 is 1. The number of carboxylic acid groups (broad SMARTS) is 1. The molecule has 1 aromatic heterocycles. The van der Waals surface area contributed by atoms with E-state index in [9.17, 15) is 9.59 Å². The van der Waals surface area contributed by atoms with Crippen molar-refractivity contribution in [3.63, 3.8) is 0 Å². The Morgan fingerprint density at radius 3 is 2.30 bits per heavy atom. The van der Waals surface area contributed by atoms with Gasteiger partial charge in [-0.05, 0) is 42.8 Å². The number of aliphatic carboxylic acids is 1. The molecule has 37 heavy (non-hydrogen) atoms. The summed E-state index contributed by atoms with van der Waals surface area (Å²) >= 11 is 0. The number of pyridine rings is 1. The molecule has 0 aliphatic rings. The molecule has 1 N–H and O–H groups in total. The van der Waals surface area contributed by atoms with Crippen LogP contribution in [-0.4, -0.2) is 35.7 Å². The normalized spacial score (nSPS) is 11.0. The minimum atomic E-state index is -0.908. The van der Waals surface area contributed by atoms with Gasteiger partial charge in [-0.15, -0.1) is 0 Å². The molecule has 202 valence electrons. The number of unbranched alkanes of at least 4 members (excludes halogenated alkanes) is 9. The van der Waals surface area contributed by atoms with Crippen LogP contribution >= 0.6 is 0 Å². The summed E-state index contributed by atoms with van der Waals surface area (Å²) in [6.07, 6.45) is 15.7. The fraction of sp³-hybridized carbons (Fsp3) is 0.500. The molecule has 0 aliphatic heterocycles. The second-order valence-corrected chi connectivity index (χ2v) is 9.02. The molecule has 0 amide bonds. The molecular weight excluding hydrogens is 470 g/mol. The van der Waals surface area contributed by atoms with Gasteiger partial charge in [0.05, 0.1) is 31.4 Å². The number of esters is 1. The topological polar surface area (TPSA) is 95.0 Å². The maximum Gasteiger partial charge on any atom is 0.337 e. The number of carbonyl (C=O) groups excluding carboxylic acids is 1. The molecule has 0 saturated heterocycles. The minimum absolute atomic E-state index is 0.0966. The van der Waals surface area contributed by atoms with Crippen molar-refractivity contribution in [3.05, 3.63) is 59.4 Å². The highest BCUT2D eigenvalue weighted by molar-refractivity contribution is 5.89. The van der Waals surface area contributed by atoms with Crippen LogP contribution in [0.3, 0.4) is 0 Å². The van der Waals surface area contributed by atoms with Crippen LogP contribution < -0.4 is 9.47 Å². The van der Waals surface area contributed by atoms with Gasteiger partial charge < -0.3 is 19.3 Å². The van der Waals surface area contributed by atoms with Crippen LogP contribution in [0.5, 0.6) is 11.5 Å². The minimum Gasteiger partial charge on any atom is -0.491 e. The number of hydrogen-bond donors (Lipinski definition) is 1. The van der Waals surface area contributed by atoms with Crippen molar-refractivity contribution < 1.29 is 28.9 Å². The van der Waals surface area contributed by atoms with Crippen molar-refractivity contribution >= 4 is 18.0 Å². The van der Waals surface area contributed by atoms with Gasteiger partial charge in [0.15, 0.2) is 0 Å². The summed E-state index contributed by atoms with van der Waals surface area (Å²) in [6.45, 7) is 3.02. The van der Waals surface area contributed by atoms with E-state index in [1.165, 1.54) is 58.5 Å². The number of rotatable bonds is 19. The molecular formula is C30H41NO6. The summed E-state index contributed by atoms with van der Waals surface area (Å²) in [6, 6.07) is 10.4. The molecule has 7 heteroatoms. The Balaban J connectivity index is 1.87. The highest BCUT2D eigenvalue weighted by Gasteiger charge is 2.09. The zero-order valence-electron chi connectivity index (χ0n) is 22.2. The van der Waals surface area contributed by atoms with Crippen molar-refractivity contribution in [1.82, 2.24) is 4.98 Å². The lowest BCUT2D eigenvalue weighted by molar-refractivity contribution is -0.135. The highest BCUT2D eigenvalue weighted by atomic mass is 16.5. The van der Waals surface area contributed by atoms with Crippen molar-refractivity contribution in [1.29, 1.82) is 0 Å². The lowest BCUT2D eigenvalue weighted by atomic mass is 10.1. The number of nitrogens with zero attached hydrogens (tertiary/aromatic N) is 1. The number of carboxylic acids is 1. The first-order valence-electron chi connectivity index (χ1n) is 13.4. The summed E-state index contributed by atoms with van der Waals surface area (Å²) in [5.74, 6) is -0.199. The van der Waals surface area contributed by atoms with Gasteiger partial charge in [0.2, 0.25) is 0 Å². The second-order valence-electron chi connectivity index (χ2n) is 9.02. The molecule has 0 aliphatic carbocycles. The van der Waals surface area contributed by atoms with Crippen LogP contribution in [0.4, 0.5) is 0 Å². The number of benzene rings is 1. The van der Waals surface area contributed by atoms with Crippen LogP contribution in [0.2, 0.25) is 0 Å². The molecule has 0 radical (unpaired) electrons. The first-order chi connectivity index (χ1) is 18.0. The van der Waals surface area contributed by atoms with E-state index in [0.717, 1.165) is 12.8 Å². The second kappa shape index (κ2) is 18.0. The molecule has 1 aromatic carbocycles. The Morgan fingerprint density at radius 2 is 1.62 bits per heavy atom. The average molecular weight is 512 g/mol. The summed E-state index contributed by atoms with van der Waals surface area (Å²) in [4.78, 5) is 27.3. The van der Waals surface area contributed by atoms with Crippen LogP contribution in [0.25, 0.3) is 6.08 Å². The molecule has 1 heterocycles. The Labute approximate surface area is 220 Å². The van der Waals surface area contributed by atoms with Gasteiger partial charge in [-0.25, -0.2) is 9.78 Å². The molecule has 0 saturated carbocycles. The highest BCUT2D eigenvalue weighted by Crippen LogP contribution is 2.21. The molecule has 2 aromatic rings. The van der Waals surface area contributed by atoms with Crippen molar-refractivity contribution in [2.45, 2.75) is 84.2 Å². The van der Waals surface area contributed by atoms with E-state index >= 15 is 0 Å². The molecule has 7 nitrogen and oxygen atoms in total. The van der Waals surface area contributed by atoms with Crippen LogP contribution in [-0.2, 0) is 16.1 Å². The fourth-order valence-corrected chi connectivity index (χ4v) is 3.86. The van der Waals surface area contributed by atoms with Gasteiger partial charge in [-0.3, -0.25) is 4.79 Å². The number of hydrogen-bond acceptors (Lipinski definition) is 6. The zero-order chi connectivity index (χ0) is 26.7. The van der Waals surface area contributed by atoms with E-state index in [1.54, 1.807) is 36.4 Å². The Hall–Kier alpha value is -3.35. The Kier molecular flexibility index (Phi) is 14.5. The summed E-state index contributed by atoms with van der Waals surface area (Å²) in [5, 5.41) is 8.97. The third kappa shape index (κ3) is 12.4.